The number of ether oxygens (including phenoxy) is 5. The average Bonchev–Trinajstić information content (AvgIpc) is 4.05. The van der Waals surface area contributed by atoms with E-state index >= 15 is 0 Å². The number of hydrogen-bond acceptors (Lipinski definition) is 17. The summed E-state index contributed by atoms with van der Waals surface area (Å²) in [6.45, 7) is 20.2. The van der Waals surface area contributed by atoms with Crippen LogP contribution in [0.3, 0.4) is 0 Å². The van der Waals surface area contributed by atoms with E-state index in [1.807, 2.05) is 84.5 Å². The second-order valence-electron chi connectivity index (χ2n) is 22.5. The van der Waals surface area contributed by atoms with Crippen molar-refractivity contribution in [1.82, 2.24) is 39.8 Å². The Bertz CT molecular complexity index is 2130. The number of aliphatic hydroxyl groups is 4. The fourth-order valence-electron chi connectivity index (χ4n) is 12.0. The van der Waals surface area contributed by atoms with E-state index in [1.54, 1.807) is 31.8 Å². The van der Waals surface area contributed by atoms with Crippen LogP contribution in [-0.4, -0.2) is 184 Å². The zero-order valence-corrected chi connectivity index (χ0v) is 45.4. The van der Waals surface area contributed by atoms with Crippen LogP contribution in [0.4, 0.5) is 0 Å². The van der Waals surface area contributed by atoms with Gasteiger partial charge in [-0.05, 0) is 124 Å². The van der Waals surface area contributed by atoms with Crippen molar-refractivity contribution >= 4 is 5.97 Å². The Hall–Kier alpha value is -3.47. The molecule has 0 amide bonds. The number of methoxy groups -OCH3 is 1. The maximum atomic E-state index is 14.6. The molecule has 72 heavy (non-hydrogen) atoms. The number of hydrogen-bond donors (Lipinski definition) is 5. The highest BCUT2D eigenvalue weighted by Crippen LogP contribution is 2.44. The van der Waals surface area contributed by atoms with E-state index in [0.29, 0.717) is 32.4 Å². The Labute approximate surface area is 428 Å². The quantitative estimate of drug-likeness (QED) is 0.107. The number of rotatable bonds is 15. The Morgan fingerprint density at radius 1 is 0.972 bits per heavy atom. The molecule has 0 radical (unpaired) electrons. The van der Waals surface area contributed by atoms with E-state index in [2.05, 4.69) is 49.8 Å². The number of cyclic esters (lactones) is 1. The first-order chi connectivity index (χ1) is 33.9. The Kier molecular flexibility index (Phi) is 19.6. The standard InChI is InChI=1S/C53H89N9O10/c1-14-43-53(10,67)47(64)36(6)60(12)30-32(2)28-51(8,66)48(34(4)44(35(5)49(65)71-43)42-29-52(9,68-13)46(54)37(7)70-42)72-50-45(63)41(27-33(3)69-50)59(11)25-22-39-31-61(58-56-39)24-16-15-17-38-18-20-40(21-19-38)62-26-23-55-57-62/h18-21,23,26,31-37,41-48,50,63-64,66-67H,14-17,22,24-25,27-30,54H2,1-13H3/t32-,33-,34+,35-,36-,37+,41+,42-,43-,44?,45-,46+,47-,48-,50+,51-,52-,53-/m1/s1. The number of unbranched alkanes of at least 4 members (excludes halogenated alkanes) is 1. The van der Waals surface area contributed by atoms with Crippen molar-refractivity contribution in [2.45, 2.75) is 211 Å². The largest absolute Gasteiger partial charge is 0.459 e. The predicted octanol–water partition coefficient (Wildman–Crippen LogP) is 3.95. The minimum Gasteiger partial charge on any atom is -0.459 e. The van der Waals surface area contributed by atoms with Crippen LogP contribution in [0.25, 0.3) is 5.69 Å². The number of carbonyl (C=O) groups is 1. The molecule has 1 unspecified atom stereocenters. The highest BCUT2D eigenvalue weighted by atomic mass is 16.7. The summed E-state index contributed by atoms with van der Waals surface area (Å²) in [4.78, 5) is 18.7. The molecular formula is C53H89N9O10. The predicted molar refractivity (Wildman–Crippen MR) is 272 cm³/mol. The van der Waals surface area contributed by atoms with E-state index in [0.717, 1.165) is 37.2 Å². The number of nitrogens with two attached hydrogens (primary N) is 1. The summed E-state index contributed by atoms with van der Waals surface area (Å²) in [5, 5.41) is 65.7. The Morgan fingerprint density at radius 2 is 1.68 bits per heavy atom. The highest BCUT2D eigenvalue weighted by molar-refractivity contribution is 5.73. The lowest BCUT2D eigenvalue weighted by atomic mass is 9.68. The molecule has 3 fully saturated rings. The number of likely N-dealkylation sites (N-methyl/N-ethyl adjacent to an activating group) is 2. The third-order valence-corrected chi connectivity index (χ3v) is 16.6. The zero-order chi connectivity index (χ0) is 52.9. The molecule has 19 heteroatoms. The molecule has 406 valence electrons. The van der Waals surface area contributed by atoms with Gasteiger partial charge in [0, 0.05) is 63.8 Å². The van der Waals surface area contributed by atoms with Crippen molar-refractivity contribution < 1.29 is 48.9 Å². The highest BCUT2D eigenvalue weighted by Gasteiger charge is 2.55. The van der Waals surface area contributed by atoms with Gasteiger partial charge in [0.1, 0.15) is 23.9 Å². The molecule has 6 rings (SSSR count). The summed E-state index contributed by atoms with van der Waals surface area (Å²) in [5.41, 5.74) is 5.63. The monoisotopic (exact) mass is 1010 g/mol. The van der Waals surface area contributed by atoms with Crippen molar-refractivity contribution in [3.63, 3.8) is 0 Å². The van der Waals surface area contributed by atoms with Crippen LogP contribution < -0.4 is 5.73 Å². The third kappa shape index (κ3) is 13.5. The van der Waals surface area contributed by atoms with Crippen LogP contribution in [0, 0.1) is 23.7 Å². The molecule has 3 aliphatic rings. The fraction of sp³-hybridized carbons (Fsp3) is 0.792. The third-order valence-electron chi connectivity index (χ3n) is 16.6. The van der Waals surface area contributed by atoms with Gasteiger partial charge in [-0.25, -0.2) is 4.68 Å². The molecule has 0 saturated carbocycles. The number of carbonyl (C=O) groups excluding carboxylic acids is 1. The lowest BCUT2D eigenvalue weighted by Gasteiger charge is -2.52. The first kappa shape index (κ1) is 57.8. The van der Waals surface area contributed by atoms with Gasteiger partial charge < -0.3 is 59.6 Å². The van der Waals surface area contributed by atoms with Crippen molar-refractivity contribution in [3.05, 3.63) is 54.1 Å². The van der Waals surface area contributed by atoms with E-state index < -0.39 is 95.5 Å². The van der Waals surface area contributed by atoms with Crippen molar-refractivity contribution in [2.24, 2.45) is 29.4 Å². The molecule has 6 N–H and O–H groups in total. The van der Waals surface area contributed by atoms with Crippen LogP contribution in [0.2, 0.25) is 0 Å². The number of aromatic nitrogens is 6. The van der Waals surface area contributed by atoms with E-state index in [9.17, 15) is 25.2 Å². The minimum atomic E-state index is -1.79. The molecule has 18 atom stereocenters. The summed E-state index contributed by atoms with van der Waals surface area (Å²) in [6.07, 6.45) is 3.38. The number of nitrogens with zero attached hydrogens (tertiary/aromatic N) is 8. The fourth-order valence-corrected chi connectivity index (χ4v) is 12.0. The van der Waals surface area contributed by atoms with Crippen molar-refractivity contribution in [2.75, 3.05) is 34.3 Å². The minimum absolute atomic E-state index is 0.146. The topological polar surface area (TPSA) is 238 Å². The Morgan fingerprint density at radius 3 is 2.33 bits per heavy atom. The van der Waals surface area contributed by atoms with Crippen LogP contribution in [0.15, 0.2) is 42.9 Å². The van der Waals surface area contributed by atoms with Crippen molar-refractivity contribution in [1.29, 1.82) is 0 Å². The number of benzene rings is 1. The summed E-state index contributed by atoms with van der Waals surface area (Å²) < 4.78 is 36.2. The van der Waals surface area contributed by atoms with Gasteiger partial charge in [0.2, 0.25) is 0 Å². The van der Waals surface area contributed by atoms with Gasteiger partial charge in [0.15, 0.2) is 6.29 Å². The van der Waals surface area contributed by atoms with Crippen molar-refractivity contribution in [3.8, 4) is 5.69 Å². The molecule has 0 aliphatic carbocycles. The van der Waals surface area contributed by atoms with Gasteiger partial charge in [-0.15, -0.1) is 10.2 Å². The molecule has 19 nitrogen and oxygen atoms in total. The molecule has 0 spiro atoms. The van der Waals surface area contributed by atoms with Gasteiger partial charge in [-0.3, -0.25) is 9.48 Å². The summed E-state index contributed by atoms with van der Waals surface area (Å²) in [7, 11) is 5.47. The number of aliphatic hydroxyl groups excluding tert-OH is 2. The normalized spacial score (nSPS) is 39.1. The summed E-state index contributed by atoms with van der Waals surface area (Å²) in [5.74, 6) is -2.90. The maximum Gasteiger partial charge on any atom is 0.309 e. The molecule has 2 aromatic heterocycles. The van der Waals surface area contributed by atoms with Gasteiger partial charge in [-0.1, -0.05) is 50.3 Å². The van der Waals surface area contributed by atoms with E-state index in [1.165, 1.54) is 12.5 Å². The van der Waals surface area contributed by atoms with Crippen LogP contribution in [0.5, 0.6) is 0 Å². The van der Waals surface area contributed by atoms with E-state index in [4.69, 9.17) is 29.4 Å². The van der Waals surface area contributed by atoms with Gasteiger partial charge in [-0.2, -0.15) is 0 Å². The van der Waals surface area contributed by atoms with Gasteiger partial charge >= 0.3 is 5.97 Å². The van der Waals surface area contributed by atoms with Crippen LogP contribution >= 0.6 is 0 Å². The number of aryl methyl sites for hydroxylation is 2. The van der Waals surface area contributed by atoms with Crippen LogP contribution in [0.1, 0.15) is 119 Å². The SMILES string of the molecule is CC[C@H]1OC(=O)[C@H](C)C([C@H]2C[C@@](C)(OC)[C@@H](N)[C@H](C)O2)[C@H](C)[C@@H](O[C@@H]2O[C@H](C)C[C@H](N(C)CCc3cn(CCCCc4ccc(-n5ccnn5)cc4)nn3)[C@H]2O)[C@](C)(O)C[C@@H](C)CN(C)[C@H](C)[C@@H](O)[C@]1(C)O. The molecule has 5 heterocycles. The lowest BCUT2D eigenvalue weighted by Crippen LogP contribution is -2.63. The molecule has 3 aromatic rings. The second-order valence-corrected chi connectivity index (χ2v) is 22.5. The lowest BCUT2D eigenvalue weighted by molar-refractivity contribution is -0.301. The molecule has 3 saturated heterocycles. The molecule has 1 aromatic carbocycles. The molecule has 0 bridgehead atoms. The van der Waals surface area contributed by atoms with E-state index in [-0.39, 0.29) is 30.9 Å². The maximum absolute atomic E-state index is 14.6. The Balaban J connectivity index is 1.20. The first-order valence-electron chi connectivity index (χ1n) is 26.4. The zero-order valence-electron chi connectivity index (χ0n) is 45.4. The second kappa shape index (κ2) is 24.5. The number of esters is 1. The summed E-state index contributed by atoms with van der Waals surface area (Å²) >= 11 is 0. The molecular weight excluding hydrogens is 923 g/mol. The smallest absolute Gasteiger partial charge is 0.309 e. The first-order valence-corrected chi connectivity index (χ1v) is 26.4. The average molecular weight is 1010 g/mol. The van der Waals surface area contributed by atoms with Gasteiger partial charge in [0.25, 0.3) is 0 Å². The van der Waals surface area contributed by atoms with Gasteiger partial charge in [0.05, 0.1) is 71.4 Å². The summed E-state index contributed by atoms with van der Waals surface area (Å²) in [6, 6.07) is 6.98. The van der Waals surface area contributed by atoms with Crippen LogP contribution in [-0.2, 0) is 47.9 Å². The molecule has 3 aliphatic heterocycles.